The summed E-state index contributed by atoms with van der Waals surface area (Å²) in [7, 11) is 1.65. The zero-order valence-corrected chi connectivity index (χ0v) is 11.0. The summed E-state index contributed by atoms with van der Waals surface area (Å²) in [6.45, 7) is 3.68. The monoisotopic (exact) mass is 258 g/mol. The van der Waals surface area contributed by atoms with Crippen molar-refractivity contribution in [2.75, 3.05) is 12.9 Å². The van der Waals surface area contributed by atoms with Crippen LogP contribution in [0.2, 0.25) is 0 Å². The zero-order valence-electron chi connectivity index (χ0n) is 10.2. The Morgan fingerprint density at radius 2 is 2.17 bits per heavy atom. The molecule has 0 bridgehead atoms. The second-order valence-corrected chi connectivity index (χ2v) is 4.63. The van der Waals surface area contributed by atoms with Gasteiger partial charge in [0, 0.05) is 11.3 Å². The van der Waals surface area contributed by atoms with Crippen LogP contribution in [0.5, 0.6) is 5.75 Å². The molecule has 2 rings (SSSR count). The van der Waals surface area contributed by atoms with Gasteiger partial charge in [-0.2, -0.15) is 0 Å². The van der Waals surface area contributed by atoms with Crippen LogP contribution in [0.4, 0.5) is 0 Å². The summed E-state index contributed by atoms with van der Waals surface area (Å²) in [6, 6.07) is 11.7. The Kier molecular flexibility index (Phi) is 4.36. The number of nitrogens with zero attached hydrogens (tertiary/aromatic N) is 2. The maximum absolute atomic E-state index is 5.19. The maximum Gasteiger partial charge on any atom is 0.119 e. The Morgan fingerprint density at radius 1 is 1.28 bits per heavy atom. The van der Waals surface area contributed by atoms with Gasteiger partial charge in [-0.15, -0.1) is 28.5 Å². The smallest absolute Gasteiger partial charge is 0.119 e. The third-order valence-electron chi connectivity index (χ3n) is 2.35. The Balaban J connectivity index is 2.20. The van der Waals surface area contributed by atoms with Gasteiger partial charge in [0.2, 0.25) is 0 Å². The molecule has 0 saturated heterocycles. The summed E-state index contributed by atoms with van der Waals surface area (Å²) in [5.74, 6) is 1.66. The molecule has 0 unspecified atom stereocenters. The minimum Gasteiger partial charge on any atom is -0.497 e. The van der Waals surface area contributed by atoms with Crippen LogP contribution in [0, 0.1) is 0 Å². The molecule has 0 radical (unpaired) electrons. The van der Waals surface area contributed by atoms with Crippen LogP contribution >= 0.6 is 11.8 Å². The minimum atomic E-state index is 0.819. The van der Waals surface area contributed by atoms with E-state index in [1.807, 2.05) is 42.5 Å². The molecule has 4 heteroatoms. The number of rotatable bonds is 5. The molecule has 2 aromatic rings. The number of hydrogen-bond acceptors (Lipinski definition) is 4. The van der Waals surface area contributed by atoms with Crippen molar-refractivity contribution in [3.05, 3.63) is 49.1 Å². The van der Waals surface area contributed by atoms with E-state index in [1.165, 1.54) is 0 Å². The summed E-state index contributed by atoms with van der Waals surface area (Å²) in [5.41, 5.74) is 1.85. The van der Waals surface area contributed by atoms with Gasteiger partial charge < -0.3 is 4.74 Å². The highest BCUT2D eigenvalue weighted by molar-refractivity contribution is 7.99. The fraction of sp³-hybridized carbons (Fsp3) is 0.143. The van der Waals surface area contributed by atoms with Gasteiger partial charge in [0.05, 0.1) is 12.8 Å². The van der Waals surface area contributed by atoms with Crippen molar-refractivity contribution in [1.82, 2.24) is 10.2 Å². The molecule has 0 aliphatic rings. The molecule has 0 fully saturated rings. The molecule has 0 saturated carbocycles. The minimum absolute atomic E-state index is 0.819. The summed E-state index contributed by atoms with van der Waals surface area (Å²) >= 11 is 1.62. The van der Waals surface area contributed by atoms with E-state index in [1.54, 1.807) is 18.9 Å². The molecule has 3 nitrogen and oxygen atoms in total. The van der Waals surface area contributed by atoms with E-state index in [2.05, 4.69) is 16.8 Å². The molecular weight excluding hydrogens is 244 g/mol. The van der Waals surface area contributed by atoms with Gasteiger partial charge in [-0.1, -0.05) is 18.2 Å². The van der Waals surface area contributed by atoms with Crippen LogP contribution < -0.4 is 4.74 Å². The van der Waals surface area contributed by atoms with Gasteiger partial charge in [0.15, 0.2) is 0 Å². The first kappa shape index (κ1) is 12.6. The van der Waals surface area contributed by atoms with Crippen LogP contribution in [-0.2, 0) is 0 Å². The first-order valence-electron chi connectivity index (χ1n) is 5.55. The van der Waals surface area contributed by atoms with Crippen molar-refractivity contribution < 1.29 is 4.74 Å². The van der Waals surface area contributed by atoms with Gasteiger partial charge in [0.25, 0.3) is 0 Å². The number of methoxy groups -OCH3 is 1. The van der Waals surface area contributed by atoms with E-state index >= 15 is 0 Å². The zero-order chi connectivity index (χ0) is 12.8. The predicted molar refractivity (Wildman–Crippen MR) is 74.9 cm³/mol. The first-order valence-corrected chi connectivity index (χ1v) is 6.54. The van der Waals surface area contributed by atoms with Crippen molar-refractivity contribution in [2.24, 2.45) is 0 Å². The SMILES string of the molecule is C=CCSc1ccc(-c2cccc(OC)c2)nn1. The lowest BCUT2D eigenvalue weighted by molar-refractivity contribution is 0.415. The molecule has 0 amide bonds. The summed E-state index contributed by atoms with van der Waals surface area (Å²) < 4.78 is 5.19. The topological polar surface area (TPSA) is 35.0 Å². The van der Waals surface area contributed by atoms with E-state index in [0.717, 1.165) is 27.8 Å². The lowest BCUT2D eigenvalue weighted by Gasteiger charge is -2.04. The van der Waals surface area contributed by atoms with Crippen LogP contribution in [0.15, 0.2) is 54.1 Å². The standard InChI is InChI=1S/C14H14N2OS/c1-3-9-18-14-8-7-13(15-16-14)11-5-4-6-12(10-11)17-2/h3-8,10H,1,9H2,2H3. The van der Waals surface area contributed by atoms with Crippen molar-refractivity contribution in [3.8, 4) is 17.0 Å². The molecule has 0 spiro atoms. The molecule has 0 atom stereocenters. The Bertz CT molecular complexity index is 526. The van der Waals surface area contributed by atoms with E-state index < -0.39 is 0 Å². The number of benzene rings is 1. The van der Waals surface area contributed by atoms with E-state index in [-0.39, 0.29) is 0 Å². The highest BCUT2D eigenvalue weighted by atomic mass is 32.2. The lowest BCUT2D eigenvalue weighted by atomic mass is 10.1. The van der Waals surface area contributed by atoms with Gasteiger partial charge in [-0.05, 0) is 24.3 Å². The second kappa shape index (κ2) is 6.21. The quantitative estimate of drug-likeness (QED) is 0.608. The van der Waals surface area contributed by atoms with Gasteiger partial charge in [-0.25, -0.2) is 0 Å². The average Bonchev–Trinajstić information content (AvgIpc) is 2.46. The lowest BCUT2D eigenvalue weighted by Crippen LogP contribution is -1.90. The molecule has 18 heavy (non-hydrogen) atoms. The van der Waals surface area contributed by atoms with Crippen molar-refractivity contribution >= 4 is 11.8 Å². The van der Waals surface area contributed by atoms with E-state index in [4.69, 9.17) is 4.74 Å². The molecule has 1 aromatic heterocycles. The highest BCUT2D eigenvalue weighted by Gasteiger charge is 2.02. The second-order valence-electron chi connectivity index (χ2n) is 3.59. The van der Waals surface area contributed by atoms with E-state index in [9.17, 15) is 0 Å². The van der Waals surface area contributed by atoms with Gasteiger partial charge in [0.1, 0.15) is 10.8 Å². The molecule has 0 aliphatic heterocycles. The van der Waals surface area contributed by atoms with Crippen molar-refractivity contribution in [3.63, 3.8) is 0 Å². The van der Waals surface area contributed by atoms with E-state index in [0.29, 0.717) is 0 Å². The van der Waals surface area contributed by atoms with Gasteiger partial charge in [-0.3, -0.25) is 0 Å². The largest absolute Gasteiger partial charge is 0.497 e. The third-order valence-corrected chi connectivity index (χ3v) is 3.27. The number of thioether (sulfide) groups is 1. The Labute approximate surface area is 111 Å². The fourth-order valence-corrected chi connectivity index (χ4v) is 2.03. The number of aromatic nitrogens is 2. The first-order chi connectivity index (χ1) is 8.83. The van der Waals surface area contributed by atoms with Crippen LogP contribution in [0.25, 0.3) is 11.3 Å². The van der Waals surface area contributed by atoms with Crippen molar-refractivity contribution in [2.45, 2.75) is 5.03 Å². The summed E-state index contributed by atoms with van der Waals surface area (Å²) in [5, 5.41) is 9.29. The highest BCUT2D eigenvalue weighted by Crippen LogP contribution is 2.23. The molecule has 0 N–H and O–H groups in total. The number of hydrogen-bond donors (Lipinski definition) is 0. The summed E-state index contributed by atoms with van der Waals surface area (Å²) in [4.78, 5) is 0. The Hall–Kier alpha value is -1.81. The molecule has 1 heterocycles. The third kappa shape index (κ3) is 3.11. The average molecular weight is 258 g/mol. The fourth-order valence-electron chi connectivity index (χ4n) is 1.48. The van der Waals surface area contributed by atoms with Crippen LogP contribution in [-0.4, -0.2) is 23.1 Å². The maximum atomic E-state index is 5.19. The van der Waals surface area contributed by atoms with Crippen molar-refractivity contribution in [1.29, 1.82) is 0 Å². The molecular formula is C14H14N2OS. The number of ether oxygens (including phenoxy) is 1. The molecule has 92 valence electrons. The Morgan fingerprint density at radius 3 is 2.83 bits per heavy atom. The van der Waals surface area contributed by atoms with Gasteiger partial charge >= 0.3 is 0 Å². The predicted octanol–water partition coefficient (Wildman–Crippen LogP) is 3.43. The molecule has 0 aliphatic carbocycles. The van der Waals surface area contributed by atoms with Crippen LogP contribution in [0.1, 0.15) is 0 Å². The van der Waals surface area contributed by atoms with Crippen LogP contribution in [0.3, 0.4) is 0 Å². The summed E-state index contributed by atoms with van der Waals surface area (Å²) in [6.07, 6.45) is 1.85. The normalized spacial score (nSPS) is 10.1. The molecule has 1 aromatic carbocycles.